The van der Waals surface area contributed by atoms with Crippen LogP contribution in [0.25, 0.3) is 0 Å². The third-order valence-corrected chi connectivity index (χ3v) is 2.73. The van der Waals surface area contributed by atoms with Crippen molar-refractivity contribution in [2.24, 2.45) is 11.7 Å². The number of hydrogen-bond donors (Lipinski definition) is 3. The average molecular weight is 185 g/mol. The molecule has 3 atom stereocenters. The van der Waals surface area contributed by atoms with Crippen molar-refractivity contribution in [3.63, 3.8) is 0 Å². The minimum absolute atomic E-state index is 0.154. The highest BCUT2D eigenvalue weighted by Gasteiger charge is 2.29. The summed E-state index contributed by atoms with van der Waals surface area (Å²) in [6.45, 7) is 0. The molecule has 0 unspecified atom stereocenters. The van der Waals surface area contributed by atoms with E-state index in [0.717, 1.165) is 19.3 Å². The number of aliphatic hydroxyl groups is 1. The van der Waals surface area contributed by atoms with Gasteiger partial charge in [-0.1, -0.05) is 0 Å². The van der Waals surface area contributed by atoms with Gasteiger partial charge in [0.25, 0.3) is 0 Å². The van der Waals surface area contributed by atoms with Gasteiger partial charge in [0, 0.05) is 26.1 Å². The molecule has 0 aliphatic heterocycles. The van der Waals surface area contributed by atoms with E-state index in [9.17, 15) is 5.11 Å². The topological polar surface area (TPSA) is 73.3 Å². The zero-order chi connectivity index (χ0) is 10.0. The highest BCUT2D eigenvalue weighted by molar-refractivity contribution is 5.81. The van der Waals surface area contributed by atoms with Crippen molar-refractivity contribution in [2.75, 3.05) is 14.1 Å². The minimum atomic E-state index is -0.369. The maximum Gasteiger partial charge on any atom is 0.0984 e. The Balaban J connectivity index is 2.50. The van der Waals surface area contributed by atoms with E-state index in [2.05, 4.69) is 0 Å². The third kappa shape index (κ3) is 2.42. The summed E-state index contributed by atoms with van der Waals surface area (Å²) < 4.78 is 0. The average Bonchev–Trinajstić information content (AvgIpc) is 2.08. The van der Waals surface area contributed by atoms with E-state index in [0.29, 0.717) is 5.84 Å². The van der Waals surface area contributed by atoms with Crippen molar-refractivity contribution in [3.05, 3.63) is 0 Å². The quantitative estimate of drug-likeness (QED) is 0.398. The summed E-state index contributed by atoms with van der Waals surface area (Å²) in [5.74, 6) is 0.857. The molecule has 76 valence electrons. The molecule has 0 saturated heterocycles. The molecule has 1 aliphatic rings. The maximum atomic E-state index is 9.41. The van der Waals surface area contributed by atoms with Crippen LogP contribution in [0.4, 0.5) is 0 Å². The van der Waals surface area contributed by atoms with Gasteiger partial charge in [-0.15, -0.1) is 0 Å². The predicted octanol–water partition coefficient (Wildman–Crippen LogP) is 0.0136. The first-order valence-electron chi connectivity index (χ1n) is 4.71. The predicted molar refractivity (Wildman–Crippen MR) is 52.7 cm³/mol. The van der Waals surface area contributed by atoms with Crippen LogP contribution in [0, 0.1) is 11.3 Å². The molecule has 4 N–H and O–H groups in total. The number of nitrogens with one attached hydrogen (secondary N) is 1. The van der Waals surface area contributed by atoms with Crippen LogP contribution in [-0.4, -0.2) is 42.1 Å². The molecule has 4 heteroatoms. The second-order valence-corrected chi connectivity index (χ2v) is 4.02. The molecule has 1 aliphatic carbocycles. The molecule has 0 spiro atoms. The van der Waals surface area contributed by atoms with Crippen LogP contribution in [0.1, 0.15) is 19.3 Å². The van der Waals surface area contributed by atoms with Crippen molar-refractivity contribution >= 4 is 5.84 Å². The fourth-order valence-electron chi connectivity index (χ4n) is 1.80. The number of nitrogens with two attached hydrogens (primary N) is 1. The van der Waals surface area contributed by atoms with Crippen molar-refractivity contribution in [1.29, 1.82) is 5.41 Å². The van der Waals surface area contributed by atoms with E-state index in [1.165, 1.54) is 0 Å². The first-order valence-corrected chi connectivity index (χ1v) is 4.71. The van der Waals surface area contributed by atoms with Gasteiger partial charge in [-0.05, 0) is 19.3 Å². The highest BCUT2D eigenvalue weighted by atomic mass is 16.3. The fraction of sp³-hybridized carbons (Fsp3) is 0.889. The molecular weight excluding hydrogens is 166 g/mol. The van der Waals surface area contributed by atoms with Gasteiger partial charge in [-0.25, -0.2) is 0 Å². The largest absolute Gasteiger partial charge is 0.392 e. The first-order chi connectivity index (χ1) is 6.02. The fourth-order valence-corrected chi connectivity index (χ4v) is 1.80. The molecule has 1 saturated carbocycles. The number of aliphatic hydroxyl groups excluding tert-OH is 1. The van der Waals surface area contributed by atoms with Crippen molar-refractivity contribution in [1.82, 2.24) is 4.90 Å². The van der Waals surface area contributed by atoms with Gasteiger partial charge in [0.1, 0.15) is 0 Å². The summed E-state index contributed by atoms with van der Waals surface area (Å²) >= 11 is 0. The molecule has 0 aromatic carbocycles. The van der Waals surface area contributed by atoms with Crippen LogP contribution < -0.4 is 5.73 Å². The first kappa shape index (κ1) is 10.5. The summed E-state index contributed by atoms with van der Waals surface area (Å²) in [5, 5.41) is 17.2. The minimum Gasteiger partial charge on any atom is -0.392 e. The second-order valence-electron chi connectivity index (χ2n) is 4.02. The molecule has 1 fully saturated rings. The molecule has 0 aromatic heterocycles. The molecular formula is C9H19N3O. The van der Waals surface area contributed by atoms with E-state index in [1.807, 2.05) is 19.0 Å². The number of amidine groups is 1. The lowest BCUT2D eigenvalue weighted by atomic mass is 9.83. The molecule has 0 radical (unpaired) electrons. The Morgan fingerprint density at radius 1 is 1.46 bits per heavy atom. The zero-order valence-corrected chi connectivity index (χ0v) is 8.33. The Labute approximate surface area is 79.2 Å². The van der Waals surface area contributed by atoms with Crippen molar-refractivity contribution in [2.45, 2.75) is 31.4 Å². The number of nitrogens with zero attached hydrogens (tertiary/aromatic N) is 1. The standard InChI is InChI=1S/C9H19N3O/c1-12(2)9(11)6-3-4-8(13)7(10)5-6/h6-8,11,13H,3-5,10H2,1-2H3/t6-,7+,8+/m0/s1. The van der Waals surface area contributed by atoms with Crippen LogP contribution >= 0.6 is 0 Å². The molecule has 0 heterocycles. The Kier molecular flexibility index (Phi) is 3.27. The Hall–Kier alpha value is -0.610. The van der Waals surface area contributed by atoms with Crippen molar-refractivity contribution in [3.8, 4) is 0 Å². The summed E-state index contributed by atoms with van der Waals surface area (Å²) in [5.41, 5.74) is 5.74. The van der Waals surface area contributed by atoms with Crippen LogP contribution in [0.2, 0.25) is 0 Å². The zero-order valence-electron chi connectivity index (χ0n) is 8.33. The Morgan fingerprint density at radius 3 is 2.54 bits per heavy atom. The van der Waals surface area contributed by atoms with Gasteiger partial charge < -0.3 is 15.7 Å². The Bertz CT molecular complexity index is 193. The molecule has 0 bridgehead atoms. The van der Waals surface area contributed by atoms with E-state index in [1.54, 1.807) is 0 Å². The lowest BCUT2D eigenvalue weighted by Gasteiger charge is -2.33. The van der Waals surface area contributed by atoms with Gasteiger partial charge in [0.05, 0.1) is 11.9 Å². The highest BCUT2D eigenvalue weighted by Crippen LogP contribution is 2.24. The van der Waals surface area contributed by atoms with Crippen molar-refractivity contribution < 1.29 is 5.11 Å². The smallest absolute Gasteiger partial charge is 0.0984 e. The summed E-state index contributed by atoms with van der Waals surface area (Å²) in [7, 11) is 3.75. The molecule has 13 heavy (non-hydrogen) atoms. The SMILES string of the molecule is CN(C)C(=N)[C@H]1CC[C@@H](O)[C@H](N)C1. The summed E-state index contributed by atoms with van der Waals surface area (Å²) in [6, 6.07) is -0.154. The maximum absolute atomic E-state index is 9.41. The van der Waals surface area contributed by atoms with E-state index >= 15 is 0 Å². The third-order valence-electron chi connectivity index (χ3n) is 2.73. The monoisotopic (exact) mass is 185 g/mol. The van der Waals surface area contributed by atoms with Gasteiger partial charge in [0.2, 0.25) is 0 Å². The van der Waals surface area contributed by atoms with Crippen LogP contribution in [-0.2, 0) is 0 Å². The molecule has 0 amide bonds. The molecule has 1 rings (SSSR count). The van der Waals surface area contributed by atoms with Crippen LogP contribution in [0.3, 0.4) is 0 Å². The lowest BCUT2D eigenvalue weighted by molar-refractivity contribution is 0.0970. The van der Waals surface area contributed by atoms with E-state index in [4.69, 9.17) is 11.1 Å². The van der Waals surface area contributed by atoms with E-state index < -0.39 is 0 Å². The van der Waals surface area contributed by atoms with E-state index in [-0.39, 0.29) is 18.1 Å². The van der Waals surface area contributed by atoms with Gasteiger partial charge in [0.15, 0.2) is 0 Å². The van der Waals surface area contributed by atoms with Gasteiger partial charge >= 0.3 is 0 Å². The van der Waals surface area contributed by atoms with Gasteiger partial charge in [-0.3, -0.25) is 5.41 Å². The molecule has 0 aromatic rings. The number of hydrogen-bond acceptors (Lipinski definition) is 3. The summed E-state index contributed by atoms with van der Waals surface area (Å²) in [6.07, 6.45) is 1.97. The summed E-state index contributed by atoms with van der Waals surface area (Å²) in [4.78, 5) is 1.81. The lowest BCUT2D eigenvalue weighted by Crippen LogP contribution is -2.44. The Morgan fingerprint density at radius 2 is 2.08 bits per heavy atom. The molecule has 4 nitrogen and oxygen atoms in total. The van der Waals surface area contributed by atoms with Gasteiger partial charge in [-0.2, -0.15) is 0 Å². The normalized spacial score (nSPS) is 34.3. The number of rotatable bonds is 1. The second kappa shape index (κ2) is 4.07. The van der Waals surface area contributed by atoms with Crippen LogP contribution in [0.5, 0.6) is 0 Å². The van der Waals surface area contributed by atoms with Crippen LogP contribution in [0.15, 0.2) is 0 Å².